The van der Waals surface area contributed by atoms with Crippen LogP contribution in [0.5, 0.6) is 0 Å². The van der Waals surface area contributed by atoms with Gasteiger partial charge in [-0.2, -0.15) is 0 Å². The predicted octanol–water partition coefficient (Wildman–Crippen LogP) is 2.93. The molecule has 0 aromatic carbocycles. The maximum atomic E-state index is 4.58. The lowest BCUT2D eigenvalue weighted by Gasteiger charge is -2.30. The first kappa shape index (κ1) is 22.2. The van der Waals surface area contributed by atoms with Crippen molar-refractivity contribution in [1.82, 2.24) is 15.5 Å². The molecular weight excluding hydrogens is 363 g/mol. The number of halogens is 1. The Hall–Kier alpha value is -0.0400. The number of hydrogen-bond acceptors (Lipinski definition) is 2. The van der Waals surface area contributed by atoms with E-state index in [1.165, 1.54) is 0 Å². The van der Waals surface area contributed by atoms with E-state index < -0.39 is 0 Å². The van der Waals surface area contributed by atoms with Crippen molar-refractivity contribution in [3.8, 4) is 0 Å². The van der Waals surface area contributed by atoms with Crippen LogP contribution in [0.3, 0.4) is 0 Å². The van der Waals surface area contributed by atoms with Crippen LogP contribution in [0.4, 0.5) is 0 Å². The molecule has 0 fully saturated rings. The van der Waals surface area contributed by atoms with Gasteiger partial charge in [-0.1, -0.05) is 13.8 Å². The van der Waals surface area contributed by atoms with Crippen LogP contribution < -0.4 is 10.6 Å². The van der Waals surface area contributed by atoms with Crippen LogP contribution in [0.1, 0.15) is 48.5 Å². The van der Waals surface area contributed by atoms with Gasteiger partial charge >= 0.3 is 0 Å². The minimum Gasteiger partial charge on any atom is -0.357 e. The standard InChI is InChI=1S/C15H34N4.HI/c1-8-16-15(18-11-12(2)3)17-9-10-19(13(4)5)14(6)7;/h12-14H,8-11H2,1-7H3,(H2,16,17,18);1H. The van der Waals surface area contributed by atoms with Crippen LogP contribution in [-0.2, 0) is 0 Å². The lowest BCUT2D eigenvalue weighted by atomic mass is 10.2. The highest BCUT2D eigenvalue weighted by molar-refractivity contribution is 14.0. The van der Waals surface area contributed by atoms with Crippen LogP contribution in [0.15, 0.2) is 4.99 Å². The molecule has 0 bridgehead atoms. The molecule has 0 aromatic heterocycles. The number of nitrogens with one attached hydrogen (secondary N) is 2. The van der Waals surface area contributed by atoms with Gasteiger partial charge in [0.15, 0.2) is 5.96 Å². The summed E-state index contributed by atoms with van der Waals surface area (Å²) in [6.07, 6.45) is 0. The first-order valence-corrected chi connectivity index (χ1v) is 7.66. The van der Waals surface area contributed by atoms with Gasteiger partial charge in [-0.3, -0.25) is 9.89 Å². The fourth-order valence-corrected chi connectivity index (χ4v) is 2.03. The molecule has 4 nitrogen and oxygen atoms in total. The van der Waals surface area contributed by atoms with E-state index in [1.807, 2.05) is 0 Å². The first-order chi connectivity index (χ1) is 8.88. The SMILES string of the molecule is CCNC(=NCC(C)C)NCCN(C(C)C)C(C)C.I. The van der Waals surface area contributed by atoms with Gasteiger partial charge in [-0.25, -0.2) is 0 Å². The fraction of sp³-hybridized carbons (Fsp3) is 0.933. The monoisotopic (exact) mass is 398 g/mol. The second-order valence-corrected chi connectivity index (χ2v) is 5.97. The second-order valence-electron chi connectivity index (χ2n) is 5.97. The van der Waals surface area contributed by atoms with Crippen molar-refractivity contribution in [1.29, 1.82) is 0 Å². The van der Waals surface area contributed by atoms with E-state index in [9.17, 15) is 0 Å². The van der Waals surface area contributed by atoms with E-state index in [4.69, 9.17) is 0 Å². The van der Waals surface area contributed by atoms with Crippen LogP contribution in [-0.4, -0.2) is 49.1 Å². The van der Waals surface area contributed by atoms with Crippen molar-refractivity contribution in [2.24, 2.45) is 10.9 Å². The normalized spacial score (nSPS) is 12.2. The molecule has 0 aliphatic rings. The molecule has 0 saturated heterocycles. The highest BCUT2D eigenvalue weighted by atomic mass is 127. The molecule has 0 aliphatic heterocycles. The smallest absolute Gasteiger partial charge is 0.191 e. The van der Waals surface area contributed by atoms with Crippen LogP contribution in [0, 0.1) is 5.92 Å². The summed E-state index contributed by atoms with van der Waals surface area (Å²) < 4.78 is 0. The Kier molecular flexibility index (Phi) is 14.1. The number of rotatable bonds is 8. The molecule has 2 N–H and O–H groups in total. The highest BCUT2D eigenvalue weighted by Gasteiger charge is 2.12. The Morgan fingerprint density at radius 3 is 1.95 bits per heavy atom. The molecular formula is C15H35IN4. The molecule has 5 heteroatoms. The van der Waals surface area contributed by atoms with Gasteiger partial charge < -0.3 is 10.6 Å². The molecule has 0 rings (SSSR count). The molecule has 0 atom stereocenters. The number of nitrogens with zero attached hydrogens (tertiary/aromatic N) is 2. The third-order valence-electron chi connectivity index (χ3n) is 2.95. The molecule has 0 saturated carbocycles. The molecule has 0 amide bonds. The Labute approximate surface area is 143 Å². The molecule has 0 radical (unpaired) electrons. The molecule has 0 spiro atoms. The lowest BCUT2D eigenvalue weighted by molar-refractivity contribution is 0.178. The number of hydrogen-bond donors (Lipinski definition) is 2. The summed E-state index contributed by atoms with van der Waals surface area (Å²) in [6.45, 7) is 19.2. The summed E-state index contributed by atoms with van der Waals surface area (Å²) in [4.78, 5) is 7.06. The predicted molar refractivity (Wildman–Crippen MR) is 101 cm³/mol. The van der Waals surface area contributed by atoms with Crippen molar-refractivity contribution in [3.63, 3.8) is 0 Å². The average molecular weight is 398 g/mol. The molecule has 20 heavy (non-hydrogen) atoms. The summed E-state index contributed by atoms with van der Waals surface area (Å²) in [7, 11) is 0. The van der Waals surface area contributed by atoms with Gasteiger partial charge in [-0.05, 0) is 40.5 Å². The number of guanidine groups is 1. The van der Waals surface area contributed by atoms with Gasteiger partial charge in [0.25, 0.3) is 0 Å². The minimum absolute atomic E-state index is 0. The van der Waals surface area contributed by atoms with Crippen LogP contribution in [0.25, 0.3) is 0 Å². The molecule has 0 aromatic rings. The Balaban J connectivity index is 0. The summed E-state index contributed by atoms with van der Waals surface area (Å²) in [5.41, 5.74) is 0. The second kappa shape index (κ2) is 12.7. The van der Waals surface area contributed by atoms with E-state index in [-0.39, 0.29) is 24.0 Å². The summed E-state index contributed by atoms with van der Waals surface area (Å²) in [6, 6.07) is 1.16. The Morgan fingerprint density at radius 1 is 1.00 bits per heavy atom. The van der Waals surface area contributed by atoms with Crippen molar-refractivity contribution < 1.29 is 0 Å². The van der Waals surface area contributed by atoms with Gasteiger partial charge in [0.1, 0.15) is 0 Å². The third kappa shape index (κ3) is 10.7. The van der Waals surface area contributed by atoms with Crippen molar-refractivity contribution in [2.75, 3.05) is 26.2 Å². The van der Waals surface area contributed by atoms with Crippen LogP contribution in [0.2, 0.25) is 0 Å². The first-order valence-electron chi connectivity index (χ1n) is 7.66. The maximum absolute atomic E-state index is 4.58. The Bertz CT molecular complexity index is 244. The molecule has 0 heterocycles. The molecule has 122 valence electrons. The minimum atomic E-state index is 0. The zero-order chi connectivity index (χ0) is 14.8. The fourth-order valence-electron chi connectivity index (χ4n) is 2.03. The summed E-state index contributed by atoms with van der Waals surface area (Å²) >= 11 is 0. The van der Waals surface area contributed by atoms with E-state index in [0.717, 1.165) is 32.1 Å². The largest absolute Gasteiger partial charge is 0.357 e. The highest BCUT2D eigenvalue weighted by Crippen LogP contribution is 2.03. The summed E-state index contributed by atoms with van der Waals surface area (Å²) in [5.74, 6) is 1.53. The van der Waals surface area contributed by atoms with E-state index >= 15 is 0 Å². The Morgan fingerprint density at radius 2 is 1.55 bits per heavy atom. The van der Waals surface area contributed by atoms with Crippen LogP contribution >= 0.6 is 24.0 Å². The van der Waals surface area contributed by atoms with Crippen molar-refractivity contribution in [2.45, 2.75) is 60.5 Å². The van der Waals surface area contributed by atoms with E-state index in [0.29, 0.717) is 18.0 Å². The van der Waals surface area contributed by atoms with E-state index in [1.54, 1.807) is 0 Å². The lowest BCUT2D eigenvalue weighted by Crippen LogP contribution is -2.45. The zero-order valence-electron chi connectivity index (χ0n) is 14.4. The topological polar surface area (TPSA) is 39.7 Å². The van der Waals surface area contributed by atoms with Crippen molar-refractivity contribution >= 4 is 29.9 Å². The van der Waals surface area contributed by atoms with E-state index in [2.05, 4.69) is 69.0 Å². The molecule has 0 unspecified atom stereocenters. The van der Waals surface area contributed by atoms with Crippen molar-refractivity contribution in [3.05, 3.63) is 0 Å². The van der Waals surface area contributed by atoms with Gasteiger partial charge in [-0.15, -0.1) is 24.0 Å². The van der Waals surface area contributed by atoms with Gasteiger partial charge in [0, 0.05) is 38.3 Å². The zero-order valence-corrected chi connectivity index (χ0v) is 16.7. The number of aliphatic imine (C=N–C) groups is 1. The average Bonchev–Trinajstić information content (AvgIpc) is 2.30. The quantitative estimate of drug-likeness (QED) is 0.375. The summed E-state index contributed by atoms with van der Waals surface area (Å²) in [5, 5.41) is 6.70. The maximum Gasteiger partial charge on any atom is 0.191 e. The van der Waals surface area contributed by atoms with Gasteiger partial charge in [0.05, 0.1) is 0 Å². The molecule has 0 aliphatic carbocycles. The third-order valence-corrected chi connectivity index (χ3v) is 2.95. The van der Waals surface area contributed by atoms with Gasteiger partial charge in [0.2, 0.25) is 0 Å².